The lowest BCUT2D eigenvalue weighted by Crippen LogP contribution is -1.80. The molecular formula is C7H4N6O2S. The van der Waals surface area contributed by atoms with Crippen molar-refractivity contribution in [2.75, 3.05) is 0 Å². The van der Waals surface area contributed by atoms with Crippen molar-refractivity contribution in [3.05, 3.63) is 50.3 Å². The lowest BCUT2D eigenvalue weighted by molar-refractivity contribution is -0.380. The van der Waals surface area contributed by atoms with Crippen molar-refractivity contribution in [1.29, 1.82) is 0 Å². The molecule has 0 aliphatic carbocycles. The van der Waals surface area contributed by atoms with Gasteiger partial charge in [-0.2, -0.15) is 0 Å². The van der Waals surface area contributed by atoms with Crippen LogP contribution in [-0.2, 0) is 0 Å². The fourth-order valence-electron chi connectivity index (χ4n) is 0.851. The summed E-state index contributed by atoms with van der Waals surface area (Å²) in [4.78, 5) is 14.1. The van der Waals surface area contributed by atoms with Gasteiger partial charge in [-0.3, -0.25) is 14.8 Å². The smallest absolute Gasteiger partial charge is 0.258 e. The number of thiophene rings is 1. The van der Waals surface area contributed by atoms with Crippen LogP contribution in [0.25, 0.3) is 10.5 Å². The topological polar surface area (TPSA) is 92.3 Å². The van der Waals surface area contributed by atoms with E-state index in [1.807, 2.05) is 0 Å². The first-order valence-electron chi connectivity index (χ1n) is 4.01. The van der Waals surface area contributed by atoms with Crippen LogP contribution in [0.5, 0.6) is 0 Å². The van der Waals surface area contributed by atoms with Crippen LogP contribution in [-0.4, -0.2) is 19.8 Å². The van der Waals surface area contributed by atoms with E-state index in [0.29, 0.717) is 4.88 Å². The van der Waals surface area contributed by atoms with E-state index in [1.165, 1.54) is 23.4 Å². The fraction of sp³-hybridized carbons (Fsp3) is 0. The highest BCUT2D eigenvalue weighted by molar-refractivity contribution is 7.15. The van der Waals surface area contributed by atoms with Gasteiger partial charge in [-0.1, -0.05) is 0 Å². The van der Waals surface area contributed by atoms with Crippen LogP contribution < -0.4 is 0 Å². The zero-order valence-electron chi connectivity index (χ0n) is 7.72. The summed E-state index contributed by atoms with van der Waals surface area (Å²) in [6, 6.07) is 5.49. The molecule has 0 saturated carbocycles. The fourth-order valence-corrected chi connectivity index (χ4v) is 1.51. The van der Waals surface area contributed by atoms with E-state index in [1.54, 1.807) is 6.07 Å². The quantitative estimate of drug-likeness (QED) is 0.585. The van der Waals surface area contributed by atoms with Crippen LogP contribution in [0, 0.1) is 16.2 Å². The van der Waals surface area contributed by atoms with Crippen molar-refractivity contribution in [3.63, 3.8) is 0 Å². The molecule has 0 aromatic carbocycles. The number of nitrogens with zero attached hydrogens (tertiary/aromatic N) is 6. The van der Waals surface area contributed by atoms with Crippen molar-refractivity contribution in [2.24, 2.45) is 0 Å². The molecule has 0 atom stereocenters. The van der Waals surface area contributed by atoms with E-state index in [9.17, 15) is 10.1 Å². The highest BCUT2D eigenvalue weighted by Gasteiger charge is 2.08. The van der Waals surface area contributed by atoms with Gasteiger partial charge < -0.3 is 0 Å². The highest BCUT2D eigenvalue weighted by Crippen LogP contribution is 2.23. The standard InChI is InChI=1S/C7H4N6O2S/c14-13(15)7-2-1-6(16-7)3-8-11-12-4-9-10-5-12/h1-2,4-5H. The molecule has 2 aromatic rings. The first-order chi connectivity index (χ1) is 7.75. The predicted molar refractivity (Wildman–Crippen MR) is 56.1 cm³/mol. The maximum absolute atomic E-state index is 10.4. The molecule has 9 heteroatoms. The van der Waals surface area contributed by atoms with E-state index < -0.39 is 4.92 Å². The van der Waals surface area contributed by atoms with Crippen LogP contribution in [0.2, 0.25) is 0 Å². The third-order valence-electron chi connectivity index (χ3n) is 1.49. The molecule has 0 amide bonds. The lowest BCUT2D eigenvalue weighted by Gasteiger charge is -1.94. The van der Waals surface area contributed by atoms with Gasteiger partial charge in [0.15, 0.2) is 18.7 Å². The van der Waals surface area contributed by atoms with Crippen LogP contribution in [0.1, 0.15) is 4.88 Å². The van der Waals surface area contributed by atoms with Crippen molar-refractivity contribution in [3.8, 4) is 6.07 Å². The molecule has 0 radical (unpaired) electrons. The van der Waals surface area contributed by atoms with Gasteiger partial charge in [-0.05, 0) is 17.4 Å². The Morgan fingerprint density at radius 3 is 2.88 bits per heavy atom. The Hall–Kier alpha value is -2.47. The van der Waals surface area contributed by atoms with Crippen LogP contribution >= 0.6 is 11.3 Å². The first kappa shape index (κ1) is 10.1. The Bertz CT molecular complexity index is 551. The summed E-state index contributed by atoms with van der Waals surface area (Å²) in [5.41, 5.74) is 3.66. The lowest BCUT2D eigenvalue weighted by atomic mass is 10.5. The molecule has 0 unspecified atom stereocenters. The molecule has 0 spiro atoms. The number of nitro groups is 1. The second-order valence-electron chi connectivity index (χ2n) is 2.54. The molecule has 80 valence electrons. The summed E-state index contributed by atoms with van der Waals surface area (Å²) in [6.07, 6.45) is 2.73. The molecule has 8 nitrogen and oxygen atoms in total. The number of hydrogen-bond acceptors (Lipinski definition) is 5. The SMILES string of the molecule is O=[N+]([O-])c1ccc(C#[N+][N-]n2cnnc2)s1. The largest absolute Gasteiger partial charge is 0.325 e. The summed E-state index contributed by atoms with van der Waals surface area (Å²) in [5, 5.41) is 17.5. The van der Waals surface area contributed by atoms with Crippen molar-refractivity contribution < 1.29 is 4.92 Å². The molecule has 2 aromatic heterocycles. The average Bonchev–Trinajstić information content (AvgIpc) is 2.87. The zero-order chi connectivity index (χ0) is 11.4. The summed E-state index contributed by atoms with van der Waals surface area (Å²) < 4.78 is 1.29. The van der Waals surface area contributed by atoms with Gasteiger partial charge in [-0.25, -0.2) is 10.5 Å². The molecule has 0 bridgehead atoms. The second-order valence-corrected chi connectivity index (χ2v) is 3.60. The van der Waals surface area contributed by atoms with Crippen LogP contribution in [0.4, 0.5) is 5.00 Å². The average molecular weight is 236 g/mol. The van der Waals surface area contributed by atoms with E-state index in [2.05, 4.69) is 26.8 Å². The van der Waals surface area contributed by atoms with Gasteiger partial charge in [-0.15, -0.1) is 10.2 Å². The highest BCUT2D eigenvalue weighted by atomic mass is 32.1. The molecular weight excluding hydrogens is 232 g/mol. The van der Waals surface area contributed by atoms with Gasteiger partial charge in [0, 0.05) is 6.07 Å². The van der Waals surface area contributed by atoms with Crippen molar-refractivity contribution in [1.82, 2.24) is 14.9 Å². The van der Waals surface area contributed by atoms with E-state index >= 15 is 0 Å². The number of rotatable bonds is 2. The monoisotopic (exact) mass is 236 g/mol. The second kappa shape index (κ2) is 4.37. The first-order valence-corrected chi connectivity index (χ1v) is 4.83. The summed E-state index contributed by atoms with van der Waals surface area (Å²) in [5.74, 6) is 0. The summed E-state index contributed by atoms with van der Waals surface area (Å²) >= 11 is 0.974. The number of hydrogen-bond donors (Lipinski definition) is 0. The molecule has 16 heavy (non-hydrogen) atoms. The van der Waals surface area contributed by atoms with E-state index in [-0.39, 0.29) is 5.00 Å². The minimum atomic E-state index is -0.466. The van der Waals surface area contributed by atoms with Crippen LogP contribution in [0.3, 0.4) is 0 Å². The minimum absolute atomic E-state index is 0.0435. The van der Waals surface area contributed by atoms with Gasteiger partial charge in [0.25, 0.3) is 0 Å². The summed E-state index contributed by atoms with van der Waals surface area (Å²) in [7, 11) is 0. The Morgan fingerprint density at radius 2 is 2.25 bits per heavy atom. The Morgan fingerprint density at radius 1 is 1.50 bits per heavy atom. The molecule has 0 saturated heterocycles. The predicted octanol–water partition coefficient (Wildman–Crippen LogP) is 1.68. The Labute approximate surface area is 93.1 Å². The third-order valence-corrected chi connectivity index (χ3v) is 2.43. The maximum Gasteiger partial charge on any atom is 0.325 e. The molecule has 2 heterocycles. The molecule has 0 N–H and O–H groups in total. The normalized spacial score (nSPS) is 9.25. The van der Waals surface area contributed by atoms with E-state index in [4.69, 9.17) is 0 Å². The van der Waals surface area contributed by atoms with Gasteiger partial charge in [0.2, 0.25) is 0 Å². The van der Waals surface area contributed by atoms with Crippen molar-refractivity contribution in [2.45, 2.75) is 0 Å². The van der Waals surface area contributed by atoms with Gasteiger partial charge >= 0.3 is 5.00 Å². The molecule has 0 aliphatic rings. The number of aromatic nitrogens is 3. The Balaban J connectivity index is 2.03. The minimum Gasteiger partial charge on any atom is -0.258 e. The molecule has 0 fully saturated rings. The Kier molecular flexibility index (Phi) is 2.75. The van der Waals surface area contributed by atoms with E-state index in [0.717, 1.165) is 11.3 Å². The van der Waals surface area contributed by atoms with Crippen molar-refractivity contribution >= 4 is 16.3 Å². The molecule has 0 aliphatic heterocycles. The van der Waals surface area contributed by atoms with Gasteiger partial charge in [0.05, 0.1) is 4.92 Å². The zero-order valence-corrected chi connectivity index (χ0v) is 8.53. The maximum atomic E-state index is 10.4. The van der Waals surface area contributed by atoms with Crippen LogP contribution in [0.15, 0.2) is 24.8 Å². The molecule has 2 rings (SSSR count). The van der Waals surface area contributed by atoms with Gasteiger partial charge in [0.1, 0.15) is 4.88 Å². The third kappa shape index (κ3) is 2.31. The summed E-state index contributed by atoms with van der Waals surface area (Å²) in [6.45, 7) is 0.